The fourth-order valence-electron chi connectivity index (χ4n) is 3.05. The second-order valence-electron chi connectivity index (χ2n) is 5.95. The predicted molar refractivity (Wildman–Crippen MR) is 90.5 cm³/mol. The van der Waals surface area contributed by atoms with E-state index in [4.69, 9.17) is 0 Å². The van der Waals surface area contributed by atoms with E-state index in [1.807, 2.05) is 21.8 Å². The van der Waals surface area contributed by atoms with Crippen LogP contribution in [0.15, 0.2) is 47.6 Å². The zero-order valence-electron chi connectivity index (χ0n) is 13.6. The molecule has 0 bridgehead atoms. The average molecular weight is 347 g/mol. The summed E-state index contributed by atoms with van der Waals surface area (Å²) < 4.78 is 25.6. The van der Waals surface area contributed by atoms with Crippen molar-refractivity contribution in [1.82, 2.24) is 14.7 Å². The molecule has 0 saturated carbocycles. The number of carbonyl (C=O) groups excluding carboxylic acids is 1. The molecule has 1 aliphatic rings. The highest BCUT2D eigenvalue weighted by molar-refractivity contribution is 7.91. The Morgan fingerprint density at radius 1 is 1.29 bits per heavy atom. The summed E-state index contributed by atoms with van der Waals surface area (Å²) in [7, 11) is -3.24. The molecule has 0 radical (unpaired) electrons. The summed E-state index contributed by atoms with van der Waals surface area (Å²) in [5, 5.41) is 4.21. The van der Waals surface area contributed by atoms with Gasteiger partial charge in [-0.25, -0.2) is 8.42 Å². The van der Waals surface area contributed by atoms with Crippen molar-refractivity contribution in [2.75, 3.05) is 12.3 Å². The molecule has 128 valence electrons. The van der Waals surface area contributed by atoms with E-state index in [2.05, 4.69) is 5.10 Å². The van der Waals surface area contributed by atoms with Crippen LogP contribution < -0.4 is 0 Å². The van der Waals surface area contributed by atoms with Crippen LogP contribution in [0.4, 0.5) is 0 Å². The molecule has 1 aromatic carbocycles. The summed E-state index contributed by atoms with van der Waals surface area (Å²) in [6, 6.07) is 8.24. The largest absolute Gasteiger partial charge is 0.334 e. The monoisotopic (exact) mass is 347 g/mol. The molecule has 1 aliphatic heterocycles. The number of hydrogen-bond donors (Lipinski definition) is 0. The molecule has 24 heavy (non-hydrogen) atoms. The van der Waals surface area contributed by atoms with E-state index >= 15 is 0 Å². The van der Waals surface area contributed by atoms with Gasteiger partial charge in [-0.1, -0.05) is 6.92 Å². The Labute approximate surface area is 142 Å². The van der Waals surface area contributed by atoms with Gasteiger partial charge in [-0.3, -0.25) is 9.48 Å². The SMILES string of the molecule is CCS(=O)(=O)c1ccc(C(=O)N2CCC[C@H]2Cn2cccn2)cc1. The van der Waals surface area contributed by atoms with Crippen molar-refractivity contribution in [3.8, 4) is 0 Å². The lowest BCUT2D eigenvalue weighted by Crippen LogP contribution is -2.38. The lowest BCUT2D eigenvalue weighted by molar-refractivity contribution is 0.0721. The molecular formula is C17H21N3O3S. The minimum Gasteiger partial charge on any atom is -0.334 e. The van der Waals surface area contributed by atoms with Crippen molar-refractivity contribution in [3.63, 3.8) is 0 Å². The van der Waals surface area contributed by atoms with Crippen molar-refractivity contribution in [3.05, 3.63) is 48.3 Å². The Morgan fingerprint density at radius 2 is 2.04 bits per heavy atom. The van der Waals surface area contributed by atoms with Crippen molar-refractivity contribution in [1.29, 1.82) is 0 Å². The number of amides is 1. The lowest BCUT2D eigenvalue weighted by Gasteiger charge is -2.25. The van der Waals surface area contributed by atoms with Crippen LogP contribution in [0.2, 0.25) is 0 Å². The minimum absolute atomic E-state index is 0.0508. The number of hydrogen-bond acceptors (Lipinski definition) is 4. The molecule has 0 N–H and O–H groups in total. The molecule has 2 heterocycles. The Kier molecular flexibility index (Phi) is 4.71. The molecule has 0 spiro atoms. The Bertz CT molecular complexity index is 798. The van der Waals surface area contributed by atoms with Crippen LogP contribution in [0, 0.1) is 0 Å². The third-order valence-corrected chi connectivity index (χ3v) is 6.19. The molecule has 6 nitrogen and oxygen atoms in total. The maximum atomic E-state index is 12.8. The summed E-state index contributed by atoms with van der Waals surface area (Å²) >= 11 is 0. The summed E-state index contributed by atoms with van der Waals surface area (Å²) in [5.41, 5.74) is 0.525. The van der Waals surface area contributed by atoms with Crippen molar-refractivity contribution in [2.45, 2.75) is 37.2 Å². The van der Waals surface area contributed by atoms with E-state index in [0.717, 1.165) is 19.4 Å². The van der Waals surface area contributed by atoms with Crippen LogP contribution in [0.5, 0.6) is 0 Å². The number of aromatic nitrogens is 2. The molecule has 0 unspecified atom stereocenters. The van der Waals surface area contributed by atoms with Crippen molar-refractivity contribution < 1.29 is 13.2 Å². The first-order valence-corrected chi connectivity index (χ1v) is 9.77. The van der Waals surface area contributed by atoms with Gasteiger partial charge < -0.3 is 4.90 Å². The third-order valence-electron chi connectivity index (χ3n) is 4.44. The van der Waals surface area contributed by atoms with Crippen LogP contribution in [0.1, 0.15) is 30.1 Å². The smallest absolute Gasteiger partial charge is 0.254 e. The number of rotatable bonds is 5. The van der Waals surface area contributed by atoms with Crippen LogP contribution in [0.3, 0.4) is 0 Å². The van der Waals surface area contributed by atoms with Gasteiger partial charge in [0.05, 0.1) is 23.2 Å². The maximum Gasteiger partial charge on any atom is 0.254 e. The number of nitrogens with zero attached hydrogens (tertiary/aromatic N) is 3. The first-order chi connectivity index (χ1) is 11.5. The Hall–Kier alpha value is -2.15. The van der Waals surface area contributed by atoms with Crippen LogP contribution in [-0.2, 0) is 16.4 Å². The molecule has 1 aromatic heterocycles. The maximum absolute atomic E-state index is 12.8. The van der Waals surface area contributed by atoms with Gasteiger partial charge in [-0.2, -0.15) is 5.10 Å². The van der Waals surface area contributed by atoms with E-state index in [-0.39, 0.29) is 22.6 Å². The highest BCUT2D eigenvalue weighted by atomic mass is 32.2. The number of sulfone groups is 1. The molecule has 1 saturated heterocycles. The Morgan fingerprint density at radius 3 is 2.67 bits per heavy atom. The fraction of sp³-hybridized carbons (Fsp3) is 0.412. The number of benzene rings is 1. The highest BCUT2D eigenvalue weighted by Gasteiger charge is 2.29. The zero-order chi connectivity index (χ0) is 17.2. The first kappa shape index (κ1) is 16.7. The normalized spacial score (nSPS) is 18.0. The molecule has 7 heteroatoms. The third kappa shape index (κ3) is 3.36. The van der Waals surface area contributed by atoms with Gasteiger partial charge in [0.25, 0.3) is 5.91 Å². The van der Waals surface area contributed by atoms with Crippen LogP contribution in [0.25, 0.3) is 0 Å². The van der Waals surface area contributed by atoms with Crippen molar-refractivity contribution >= 4 is 15.7 Å². The average Bonchev–Trinajstić information content (AvgIpc) is 3.27. The van der Waals surface area contributed by atoms with Crippen LogP contribution in [-0.4, -0.2) is 47.3 Å². The van der Waals surface area contributed by atoms with E-state index in [1.165, 1.54) is 12.1 Å². The van der Waals surface area contributed by atoms with Gasteiger partial charge in [0, 0.05) is 24.5 Å². The molecule has 3 rings (SSSR count). The standard InChI is InChI=1S/C17H21N3O3S/c1-2-24(22,23)16-8-6-14(7-9-16)17(21)20-12-3-5-15(20)13-19-11-4-10-18-19/h4,6-11,15H,2-3,5,12-13H2,1H3/t15-/m0/s1. The number of likely N-dealkylation sites (tertiary alicyclic amines) is 1. The molecule has 2 aromatic rings. The van der Waals surface area contributed by atoms with E-state index in [1.54, 1.807) is 25.3 Å². The number of carbonyl (C=O) groups is 1. The predicted octanol–water partition coefficient (Wildman–Crippen LogP) is 1.98. The summed E-state index contributed by atoms with van der Waals surface area (Å²) in [4.78, 5) is 14.9. The Balaban J connectivity index is 1.75. The first-order valence-electron chi connectivity index (χ1n) is 8.12. The highest BCUT2D eigenvalue weighted by Crippen LogP contribution is 2.22. The quantitative estimate of drug-likeness (QED) is 0.829. The topological polar surface area (TPSA) is 72.3 Å². The molecule has 0 aliphatic carbocycles. The van der Waals surface area contributed by atoms with Gasteiger partial charge in [0.1, 0.15) is 0 Å². The summed E-state index contributed by atoms with van der Waals surface area (Å²) in [6.45, 7) is 3.01. The van der Waals surface area contributed by atoms with Gasteiger partial charge in [-0.15, -0.1) is 0 Å². The zero-order valence-corrected chi connectivity index (χ0v) is 14.4. The van der Waals surface area contributed by atoms with Gasteiger partial charge >= 0.3 is 0 Å². The molecule has 1 atom stereocenters. The van der Waals surface area contributed by atoms with Crippen LogP contribution >= 0.6 is 0 Å². The van der Waals surface area contributed by atoms with Gasteiger partial charge in [0.15, 0.2) is 9.84 Å². The fourth-order valence-corrected chi connectivity index (χ4v) is 3.94. The minimum atomic E-state index is -3.24. The second kappa shape index (κ2) is 6.76. The van der Waals surface area contributed by atoms with E-state index in [0.29, 0.717) is 12.1 Å². The van der Waals surface area contributed by atoms with E-state index in [9.17, 15) is 13.2 Å². The molecular weight excluding hydrogens is 326 g/mol. The molecule has 1 amide bonds. The second-order valence-corrected chi connectivity index (χ2v) is 8.23. The van der Waals surface area contributed by atoms with Gasteiger partial charge in [-0.05, 0) is 43.2 Å². The lowest BCUT2D eigenvalue weighted by atomic mass is 10.1. The summed E-state index contributed by atoms with van der Waals surface area (Å²) in [6.07, 6.45) is 5.55. The molecule has 1 fully saturated rings. The summed E-state index contributed by atoms with van der Waals surface area (Å²) in [5.74, 6) is 0.00310. The van der Waals surface area contributed by atoms with Gasteiger partial charge in [0.2, 0.25) is 0 Å². The van der Waals surface area contributed by atoms with E-state index < -0.39 is 9.84 Å². The van der Waals surface area contributed by atoms with Crippen molar-refractivity contribution in [2.24, 2.45) is 0 Å².